The van der Waals surface area contributed by atoms with Crippen LogP contribution in [0.2, 0.25) is 0 Å². The fourth-order valence-electron chi connectivity index (χ4n) is 1.82. The van der Waals surface area contributed by atoms with Crippen LogP contribution in [0.3, 0.4) is 0 Å². The van der Waals surface area contributed by atoms with Crippen molar-refractivity contribution in [2.75, 3.05) is 24.3 Å². The molecule has 0 aromatic heterocycles. The van der Waals surface area contributed by atoms with Crippen molar-refractivity contribution in [2.24, 2.45) is 11.5 Å². The molecule has 0 aliphatic rings. The minimum atomic E-state index is -1.25. The first kappa shape index (κ1) is 25.0. The minimum absolute atomic E-state index is 0.113. The van der Waals surface area contributed by atoms with Gasteiger partial charge in [-0.15, -0.1) is 0 Å². The van der Waals surface area contributed by atoms with Crippen molar-refractivity contribution in [3.63, 3.8) is 0 Å². The Morgan fingerprint density at radius 3 is 2.22 bits per heavy atom. The van der Waals surface area contributed by atoms with Crippen LogP contribution in [0.25, 0.3) is 0 Å². The minimum Gasteiger partial charge on any atom is -0.480 e. The molecule has 0 saturated carbocycles. The molecule has 0 aromatic carbocycles. The van der Waals surface area contributed by atoms with Crippen molar-refractivity contribution in [1.82, 2.24) is 16.0 Å². The van der Waals surface area contributed by atoms with Gasteiger partial charge in [-0.3, -0.25) is 19.2 Å². The maximum absolute atomic E-state index is 12.2. The zero-order chi connectivity index (χ0) is 21.0. The number of carbonyl (C=O) groups is 5. The van der Waals surface area contributed by atoms with E-state index in [0.717, 1.165) is 0 Å². The zero-order valence-corrected chi connectivity index (χ0v) is 16.5. The highest BCUT2D eigenvalue weighted by Crippen LogP contribution is 2.02. The van der Waals surface area contributed by atoms with E-state index in [9.17, 15) is 24.0 Å². The van der Waals surface area contributed by atoms with E-state index in [-0.39, 0.29) is 18.6 Å². The van der Waals surface area contributed by atoms with E-state index >= 15 is 0 Å². The summed E-state index contributed by atoms with van der Waals surface area (Å²) >= 11 is 5.30. The van der Waals surface area contributed by atoms with Crippen molar-refractivity contribution < 1.29 is 29.1 Å². The highest BCUT2D eigenvalue weighted by atomic mass is 32.2. The predicted molar refractivity (Wildman–Crippen MR) is 103 cm³/mol. The van der Waals surface area contributed by atoms with Gasteiger partial charge in [0.25, 0.3) is 0 Å². The number of hydrogen-bond acceptors (Lipinski definition) is 8. The van der Waals surface area contributed by atoms with Gasteiger partial charge in [-0.2, -0.15) is 24.4 Å². The van der Waals surface area contributed by atoms with Gasteiger partial charge in [0.05, 0.1) is 19.0 Å². The molecule has 3 atom stereocenters. The Morgan fingerprint density at radius 2 is 1.74 bits per heavy atom. The van der Waals surface area contributed by atoms with E-state index in [1.165, 1.54) is 11.8 Å². The molecule has 0 spiro atoms. The van der Waals surface area contributed by atoms with Crippen molar-refractivity contribution in [3.8, 4) is 0 Å². The molecule has 0 fully saturated rings. The van der Waals surface area contributed by atoms with Gasteiger partial charge in [0.1, 0.15) is 12.1 Å². The summed E-state index contributed by atoms with van der Waals surface area (Å²) in [5.74, 6) is -3.67. The molecule has 3 unspecified atom stereocenters. The molecule has 0 aromatic rings. The van der Waals surface area contributed by atoms with Crippen LogP contribution in [0.1, 0.15) is 12.8 Å². The lowest BCUT2D eigenvalue weighted by Crippen LogP contribution is -2.54. The Hall–Kier alpha value is -1.99. The standard InChI is InChI=1S/C14H25N5O6S2/c1-27-3-2-8(13(23)19-9(6-26)14(24)25)18-11(21)5-17-12(22)7(15)4-10(16)20/h7-9,26H,2-6,15H2,1H3,(H2,16,20)(H,17,22)(H,18,21)(H,19,23)(H,24,25). The number of amides is 4. The number of primary amides is 1. The average molecular weight is 424 g/mol. The quantitative estimate of drug-likeness (QED) is 0.153. The van der Waals surface area contributed by atoms with Gasteiger partial charge in [0, 0.05) is 5.75 Å². The van der Waals surface area contributed by atoms with Gasteiger partial charge in [-0.25, -0.2) is 4.79 Å². The first-order valence-electron chi connectivity index (χ1n) is 7.86. The summed E-state index contributed by atoms with van der Waals surface area (Å²) in [5, 5.41) is 15.9. The molecule has 13 heteroatoms. The summed E-state index contributed by atoms with van der Waals surface area (Å²) in [5.41, 5.74) is 10.4. The van der Waals surface area contributed by atoms with Crippen LogP contribution in [0.4, 0.5) is 0 Å². The smallest absolute Gasteiger partial charge is 0.327 e. The normalized spacial score (nSPS) is 13.7. The van der Waals surface area contributed by atoms with E-state index in [0.29, 0.717) is 5.75 Å². The molecule has 0 bridgehead atoms. The van der Waals surface area contributed by atoms with Crippen molar-refractivity contribution >= 4 is 54.0 Å². The molecular weight excluding hydrogens is 398 g/mol. The summed E-state index contributed by atoms with van der Waals surface area (Å²) in [7, 11) is 0. The summed E-state index contributed by atoms with van der Waals surface area (Å²) in [6, 6.07) is -3.36. The second-order valence-corrected chi connectivity index (χ2v) is 6.83. The summed E-state index contributed by atoms with van der Waals surface area (Å²) in [6.45, 7) is -0.469. The summed E-state index contributed by atoms with van der Waals surface area (Å²) in [6.07, 6.45) is 1.70. The van der Waals surface area contributed by atoms with E-state index in [2.05, 4.69) is 28.6 Å². The average Bonchev–Trinajstić information content (AvgIpc) is 2.59. The number of carboxylic acids is 1. The third-order valence-corrected chi connectivity index (χ3v) is 4.25. The lowest BCUT2D eigenvalue weighted by Gasteiger charge is -2.21. The first-order valence-corrected chi connectivity index (χ1v) is 9.88. The number of thioether (sulfide) groups is 1. The molecule has 8 N–H and O–H groups in total. The van der Waals surface area contributed by atoms with Crippen LogP contribution < -0.4 is 27.4 Å². The highest BCUT2D eigenvalue weighted by molar-refractivity contribution is 7.98. The maximum atomic E-state index is 12.2. The molecule has 11 nitrogen and oxygen atoms in total. The van der Waals surface area contributed by atoms with Crippen LogP contribution in [0, 0.1) is 0 Å². The summed E-state index contributed by atoms with van der Waals surface area (Å²) < 4.78 is 0. The molecule has 0 saturated heterocycles. The van der Waals surface area contributed by atoms with Crippen molar-refractivity contribution in [1.29, 1.82) is 0 Å². The lowest BCUT2D eigenvalue weighted by atomic mass is 10.2. The van der Waals surface area contributed by atoms with E-state index in [1.54, 1.807) is 0 Å². The molecule has 154 valence electrons. The third kappa shape index (κ3) is 10.7. The number of rotatable bonds is 13. The molecular formula is C14H25N5O6S2. The van der Waals surface area contributed by atoms with Crippen molar-refractivity contribution in [3.05, 3.63) is 0 Å². The Bertz CT molecular complexity index is 562. The number of nitrogens with one attached hydrogen (secondary N) is 3. The third-order valence-electron chi connectivity index (χ3n) is 3.24. The molecule has 0 radical (unpaired) electrons. The van der Waals surface area contributed by atoms with E-state index < -0.39 is 54.3 Å². The van der Waals surface area contributed by atoms with E-state index in [4.69, 9.17) is 16.6 Å². The zero-order valence-electron chi connectivity index (χ0n) is 14.8. The van der Waals surface area contributed by atoms with Gasteiger partial charge >= 0.3 is 5.97 Å². The summed E-state index contributed by atoms with van der Waals surface area (Å²) in [4.78, 5) is 57.6. The molecule has 0 aliphatic heterocycles. The molecule has 0 rings (SSSR count). The fourth-order valence-corrected chi connectivity index (χ4v) is 2.53. The monoisotopic (exact) mass is 423 g/mol. The van der Waals surface area contributed by atoms with Gasteiger partial charge < -0.3 is 32.5 Å². The lowest BCUT2D eigenvalue weighted by molar-refractivity contribution is -0.141. The maximum Gasteiger partial charge on any atom is 0.327 e. The number of aliphatic carboxylic acids is 1. The Labute approximate surface area is 166 Å². The largest absolute Gasteiger partial charge is 0.480 e. The molecule has 27 heavy (non-hydrogen) atoms. The second kappa shape index (κ2) is 13.2. The highest BCUT2D eigenvalue weighted by Gasteiger charge is 2.26. The topological polar surface area (TPSA) is 194 Å². The van der Waals surface area contributed by atoms with Gasteiger partial charge in [-0.05, 0) is 18.4 Å². The molecule has 0 aliphatic carbocycles. The van der Waals surface area contributed by atoms with Crippen LogP contribution >= 0.6 is 24.4 Å². The Morgan fingerprint density at radius 1 is 1.11 bits per heavy atom. The van der Waals surface area contributed by atoms with E-state index in [1.807, 2.05) is 6.26 Å². The number of nitrogens with two attached hydrogens (primary N) is 2. The van der Waals surface area contributed by atoms with Crippen molar-refractivity contribution in [2.45, 2.75) is 31.0 Å². The number of carbonyl (C=O) groups excluding carboxylic acids is 4. The number of thiol groups is 1. The van der Waals surface area contributed by atoms with Crippen LogP contribution in [-0.4, -0.2) is 77.1 Å². The van der Waals surface area contributed by atoms with Gasteiger partial charge in [0.2, 0.25) is 23.6 Å². The number of carboxylic acid groups (broad SMARTS) is 1. The molecule has 0 heterocycles. The second-order valence-electron chi connectivity index (χ2n) is 5.48. The van der Waals surface area contributed by atoms with Gasteiger partial charge in [0.15, 0.2) is 0 Å². The Kier molecular flexibility index (Phi) is 12.2. The SMILES string of the molecule is CSCCC(NC(=O)CNC(=O)C(N)CC(N)=O)C(=O)NC(CS)C(=O)O. The van der Waals surface area contributed by atoms with Crippen LogP contribution in [-0.2, 0) is 24.0 Å². The Balaban J connectivity index is 4.71. The fraction of sp³-hybridized carbons (Fsp3) is 0.643. The first-order chi connectivity index (χ1) is 12.6. The molecule has 4 amide bonds. The van der Waals surface area contributed by atoms with Crippen LogP contribution in [0.5, 0.6) is 0 Å². The van der Waals surface area contributed by atoms with Gasteiger partial charge in [-0.1, -0.05) is 0 Å². The van der Waals surface area contributed by atoms with Crippen LogP contribution in [0.15, 0.2) is 0 Å². The number of hydrogen-bond donors (Lipinski definition) is 7. The predicted octanol–water partition coefficient (Wildman–Crippen LogP) is -2.96.